The van der Waals surface area contributed by atoms with Gasteiger partial charge in [-0.2, -0.15) is 0 Å². The minimum atomic E-state index is -0.679. The van der Waals surface area contributed by atoms with Crippen LogP contribution >= 0.6 is 15.9 Å². The van der Waals surface area contributed by atoms with Gasteiger partial charge in [-0.05, 0) is 15.9 Å². The quantitative estimate of drug-likeness (QED) is 0.572. The van der Waals surface area contributed by atoms with E-state index in [-0.39, 0.29) is 10.2 Å². The molecule has 5 nitrogen and oxygen atoms in total. The zero-order valence-electron chi connectivity index (χ0n) is 5.19. The molecular weight excluding hydrogens is 216 g/mol. The number of hydrogen-bond acceptors (Lipinski definition) is 4. The van der Waals surface area contributed by atoms with Crippen molar-refractivity contribution < 1.29 is 10.0 Å². The van der Waals surface area contributed by atoms with Crippen molar-refractivity contribution in [2.24, 2.45) is 0 Å². The Kier molecular flexibility index (Phi) is 2.04. The SMILES string of the molecule is O=[N+]([O-])c1c(O)cncc1Br. The molecule has 58 valence electrons. The highest BCUT2D eigenvalue weighted by Crippen LogP contribution is 2.31. The molecule has 1 heterocycles. The number of hydrogen-bond donors (Lipinski definition) is 1. The molecule has 0 saturated carbocycles. The summed E-state index contributed by atoms with van der Waals surface area (Å²) in [6.45, 7) is 0. The molecule has 0 aliphatic carbocycles. The van der Waals surface area contributed by atoms with Crippen LogP contribution < -0.4 is 0 Å². The van der Waals surface area contributed by atoms with Crippen LogP contribution in [-0.4, -0.2) is 15.0 Å². The van der Waals surface area contributed by atoms with E-state index in [1.54, 1.807) is 0 Å². The van der Waals surface area contributed by atoms with Crippen LogP contribution in [0.5, 0.6) is 5.75 Å². The molecule has 0 unspecified atom stereocenters. The van der Waals surface area contributed by atoms with Gasteiger partial charge >= 0.3 is 5.69 Å². The molecule has 11 heavy (non-hydrogen) atoms. The predicted molar refractivity (Wildman–Crippen MR) is 40.3 cm³/mol. The van der Waals surface area contributed by atoms with Crippen LogP contribution in [-0.2, 0) is 0 Å². The summed E-state index contributed by atoms with van der Waals surface area (Å²) in [7, 11) is 0. The number of aromatic hydroxyl groups is 1. The predicted octanol–water partition coefficient (Wildman–Crippen LogP) is 1.46. The third-order valence-electron chi connectivity index (χ3n) is 1.04. The highest BCUT2D eigenvalue weighted by atomic mass is 79.9. The van der Waals surface area contributed by atoms with Crippen LogP contribution in [0.1, 0.15) is 0 Å². The molecule has 0 aromatic carbocycles. The van der Waals surface area contributed by atoms with Crippen molar-refractivity contribution in [3.05, 3.63) is 27.0 Å². The number of pyridine rings is 1. The van der Waals surface area contributed by atoms with E-state index in [2.05, 4.69) is 20.9 Å². The van der Waals surface area contributed by atoms with Gasteiger partial charge in [-0.15, -0.1) is 0 Å². The third kappa shape index (κ3) is 1.45. The van der Waals surface area contributed by atoms with Gasteiger partial charge in [0.2, 0.25) is 5.75 Å². The Labute approximate surface area is 70.0 Å². The number of nitro groups is 1. The van der Waals surface area contributed by atoms with E-state index in [4.69, 9.17) is 5.11 Å². The number of aromatic nitrogens is 1. The summed E-state index contributed by atoms with van der Waals surface area (Å²) in [5.74, 6) is -0.440. The molecule has 0 aliphatic heterocycles. The van der Waals surface area contributed by atoms with Gasteiger partial charge in [0.15, 0.2) is 0 Å². The van der Waals surface area contributed by atoms with Gasteiger partial charge in [-0.25, -0.2) is 0 Å². The second kappa shape index (κ2) is 2.83. The maximum Gasteiger partial charge on any atom is 0.327 e. The lowest BCUT2D eigenvalue weighted by Crippen LogP contribution is -1.90. The van der Waals surface area contributed by atoms with E-state index in [0.717, 1.165) is 6.20 Å². The van der Waals surface area contributed by atoms with E-state index >= 15 is 0 Å². The van der Waals surface area contributed by atoms with Crippen LogP contribution in [0.25, 0.3) is 0 Å². The van der Waals surface area contributed by atoms with Crippen molar-refractivity contribution in [3.8, 4) is 5.75 Å². The third-order valence-corrected chi connectivity index (χ3v) is 1.62. The number of nitrogens with zero attached hydrogens (tertiary/aromatic N) is 2. The molecule has 0 radical (unpaired) electrons. The molecule has 0 atom stereocenters. The summed E-state index contributed by atoms with van der Waals surface area (Å²) >= 11 is 2.88. The molecule has 6 heteroatoms. The zero-order valence-corrected chi connectivity index (χ0v) is 6.78. The average Bonchev–Trinajstić information content (AvgIpc) is 1.85. The van der Waals surface area contributed by atoms with Crippen molar-refractivity contribution >= 4 is 21.6 Å². The van der Waals surface area contributed by atoms with Crippen LogP contribution in [0, 0.1) is 10.1 Å². The monoisotopic (exact) mass is 218 g/mol. The van der Waals surface area contributed by atoms with Gasteiger partial charge in [0, 0.05) is 6.20 Å². The van der Waals surface area contributed by atoms with Gasteiger partial charge in [-0.1, -0.05) is 0 Å². The minimum absolute atomic E-state index is 0.169. The van der Waals surface area contributed by atoms with E-state index in [1.807, 2.05) is 0 Å². The van der Waals surface area contributed by atoms with Crippen LogP contribution in [0.3, 0.4) is 0 Å². The topological polar surface area (TPSA) is 76.3 Å². The Bertz CT molecular complexity index is 282. The highest BCUT2D eigenvalue weighted by molar-refractivity contribution is 9.10. The first-order valence-electron chi connectivity index (χ1n) is 2.60. The molecule has 1 rings (SSSR count). The molecule has 0 fully saturated rings. The fourth-order valence-corrected chi connectivity index (χ4v) is 1.06. The van der Waals surface area contributed by atoms with Gasteiger partial charge in [0.05, 0.1) is 11.1 Å². The molecule has 0 bridgehead atoms. The maximum absolute atomic E-state index is 10.2. The van der Waals surface area contributed by atoms with Crippen molar-refractivity contribution in [2.75, 3.05) is 0 Å². The fraction of sp³-hybridized carbons (Fsp3) is 0. The molecule has 1 aromatic heterocycles. The van der Waals surface area contributed by atoms with Crippen molar-refractivity contribution in [1.82, 2.24) is 4.98 Å². The van der Waals surface area contributed by atoms with E-state index < -0.39 is 10.7 Å². The smallest absolute Gasteiger partial charge is 0.327 e. The number of rotatable bonds is 1. The van der Waals surface area contributed by atoms with Crippen LogP contribution in [0.2, 0.25) is 0 Å². The van der Waals surface area contributed by atoms with Crippen molar-refractivity contribution in [2.45, 2.75) is 0 Å². The molecular formula is C5H3BrN2O3. The molecule has 1 N–H and O–H groups in total. The van der Waals surface area contributed by atoms with Gasteiger partial charge in [0.25, 0.3) is 0 Å². The largest absolute Gasteiger partial charge is 0.501 e. The Balaban J connectivity index is 3.32. The second-order valence-corrected chi connectivity index (χ2v) is 2.60. The zero-order chi connectivity index (χ0) is 8.43. The standard InChI is InChI=1S/C5H3BrN2O3/c6-3-1-7-2-4(9)5(3)8(10)11/h1-2,9H. The lowest BCUT2D eigenvalue weighted by Gasteiger charge is -1.95. The van der Waals surface area contributed by atoms with Crippen LogP contribution in [0.4, 0.5) is 5.69 Å². The first-order valence-corrected chi connectivity index (χ1v) is 3.39. The Morgan fingerprint density at radius 3 is 2.64 bits per heavy atom. The summed E-state index contributed by atoms with van der Waals surface area (Å²) in [6.07, 6.45) is 2.26. The minimum Gasteiger partial charge on any atom is -0.501 e. The normalized spacial score (nSPS) is 9.55. The Hall–Kier alpha value is -1.17. The fourth-order valence-electron chi connectivity index (χ4n) is 0.599. The van der Waals surface area contributed by atoms with E-state index in [0.29, 0.717) is 0 Å². The summed E-state index contributed by atoms with van der Waals surface area (Å²) in [5.41, 5.74) is -0.361. The Morgan fingerprint density at radius 2 is 2.27 bits per heavy atom. The highest BCUT2D eigenvalue weighted by Gasteiger charge is 2.17. The molecule has 1 aromatic rings. The summed E-state index contributed by atoms with van der Waals surface area (Å²) < 4.78 is 0.169. The lowest BCUT2D eigenvalue weighted by atomic mass is 10.4. The number of halogens is 1. The van der Waals surface area contributed by atoms with E-state index in [1.165, 1.54) is 6.20 Å². The summed E-state index contributed by atoms with van der Waals surface area (Å²) in [6, 6.07) is 0. The first-order chi connectivity index (χ1) is 5.13. The molecule has 0 aliphatic rings. The molecule has 0 amide bonds. The summed E-state index contributed by atoms with van der Waals surface area (Å²) in [4.78, 5) is 13.1. The first kappa shape index (κ1) is 7.93. The van der Waals surface area contributed by atoms with Crippen molar-refractivity contribution in [1.29, 1.82) is 0 Å². The second-order valence-electron chi connectivity index (χ2n) is 1.75. The maximum atomic E-state index is 10.2. The van der Waals surface area contributed by atoms with Crippen molar-refractivity contribution in [3.63, 3.8) is 0 Å². The van der Waals surface area contributed by atoms with E-state index in [9.17, 15) is 10.1 Å². The Morgan fingerprint density at radius 1 is 1.64 bits per heavy atom. The lowest BCUT2D eigenvalue weighted by molar-refractivity contribution is -0.386. The van der Waals surface area contributed by atoms with Crippen LogP contribution in [0.15, 0.2) is 16.9 Å². The molecule has 0 spiro atoms. The van der Waals surface area contributed by atoms with Gasteiger partial charge in [0.1, 0.15) is 4.47 Å². The average molecular weight is 219 g/mol. The van der Waals surface area contributed by atoms with Gasteiger partial charge < -0.3 is 5.11 Å². The summed E-state index contributed by atoms with van der Waals surface area (Å²) in [5, 5.41) is 19.2. The molecule has 0 saturated heterocycles. The van der Waals surface area contributed by atoms with Gasteiger partial charge in [-0.3, -0.25) is 15.1 Å².